The van der Waals surface area contributed by atoms with Crippen molar-refractivity contribution >= 4 is 35.2 Å². The average Bonchev–Trinajstić information content (AvgIpc) is 2.82. The Morgan fingerprint density at radius 1 is 1.16 bits per heavy atom. The third-order valence-electron chi connectivity index (χ3n) is 7.56. The Hall–Kier alpha value is -3.39. The maximum absolute atomic E-state index is 13.7. The molecule has 0 aromatic heterocycles. The van der Waals surface area contributed by atoms with Gasteiger partial charge in [0.05, 0.1) is 30.0 Å². The summed E-state index contributed by atoms with van der Waals surface area (Å²) in [5.41, 5.74) is 0.995. The van der Waals surface area contributed by atoms with E-state index in [1.54, 1.807) is 6.07 Å². The van der Waals surface area contributed by atoms with E-state index in [2.05, 4.69) is 0 Å². The van der Waals surface area contributed by atoms with Gasteiger partial charge in [-0.25, -0.2) is 0 Å². The van der Waals surface area contributed by atoms with Crippen LogP contribution in [0.5, 0.6) is 5.75 Å². The highest BCUT2D eigenvalue weighted by molar-refractivity contribution is 7.99. The summed E-state index contributed by atoms with van der Waals surface area (Å²) in [7, 11) is 2.91. The molecule has 0 saturated heterocycles. The lowest BCUT2D eigenvalue weighted by atomic mass is 9.55. The minimum absolute atomic E-state index is 0.148. The zero-order chi connectivity index (χ0) is 28.3. The zero-order valence-corrected chi connectivity index (χ0v) is 21.3. The number of likely N-dealkylation sites (N-methyl/N-ethyl adjacent to an activating group) is 1. The molecule has 204 valence electrons. The van der Waals surface area contributed by atoms with Gasteiger partial charge in [0, 0.05) is 28.9 Å². The molecule has 13 heteroatoms. The molecular weight excluding hydrogens is 520 g/mol. The zero-order valence-electron chi connectivity index (χ0n) is 20.5. The number of aliphatic hydroxyl groups excluding tert-OH is 3. The first-order valence-electron chi connectivity index (χ1n) is 11.7. The molecule has 0 heterocycles. The number of carbonyl (C=O) groups excluding carboxylic acids is 3. The number of aromatic hydroxyl groups is 1. The Bertz CT molecular complexity index is 1300. The first-order chi connectivity index (χ1) is 17.8. The Labute approximate surface area is 221 Å². The van der Waals surface area contributed by atoms with E-state index < -0.39 is 87.4 Å². The van der Waals surface area contributed by atoms with Crippen LogP contribution in [0.25, 0.3) is 0 Å². The maximum Gasteiger partial charge on any atom is 0.304 e. The highest BCUT2D eigenvalue weighted by atomic mass is 32.2. The van der Waals surface area contributed by atoms with Crippen molar-refractivity contribution in [3.63, 3.8) is 0 Å². The van der Waals surface area contributed by atoms with Crippen molar-refractivity contribution in [1.82, 2.24) is 4.90 Å². The van der Waals surface area contributed by atoms with Crippen molar-refractivity contribution in [3.05, 3.63) is 52.0 Å². The van der Waals surface area contributed by atoms with Gasteiger partial charge >= 0.3 is 5.97 Å². The molecule has 6 atom stereocenters. The largest absolute Gasteiger partial charge is 0.510 e. The minimum atomic E-state index is -2.99. The van der Waals surface area contributed by atoms with E-state index in [4.69, 9.17) is 10.8 Å². The van der Waals surface area contributed by atoms with E-state index in [1.165, 1.54) is 42.9 Å². The molecule has 0 saturated carbocycles. The predicted molar refractivity (Wildman–Crippen MR) is 134 cm³/mol. The lowest BCUT2D eigenvalue weighted by Gasteiger charge is -2.53. The number of hydrogen-bond acceptors (Lipinski definition) is 11. The predicted octanol–water partition coefficient (Wildman–Crippen LogP) is -0.160. The van der Waals surface area contributed by atoms with E-state index in [1.807, 2.05) is 0 Å². The van der Waals surface area contributed by atoms with Crippen LogP contribution in [0.4, 0.5) is 0 Å². The van der Waals surface area contributed by atoms with Crippen molar-refractivity contribution in [2.24, 2.45) is 17.6 Å². The summed E-state index contributed by atoms with van der Waals surface area (Å²) in [5.74, 6) is -10.3. The average molecular weight is 549 g/mol. The number of benzene rings is 1. The van der Waals surface area contributed by atoms with Crippen LogP contribution in [-0.4, -0.2) is 102 Å². The van der Waals surface area contributed by atoms with Gasteiger partial charge in [-0.1, -0.05) is 12.1 Å². The number of amides is 1. The standard InChI is InChI=1S/C25H28N2O10S/c1-27(2)18-17-20(32)14-10(8-38-7-6-12(29)30)9-4-3-5-11(28)13(9)19(31)15(14)22(34)25(17,37)23(35)16(21(18)33)24(26)36/h3-5,10,14,17-18,20,28,32-34,37H,6-8H2,1-2H3,(H2,26,36)(H,29,30)/t10-,14+,17+,18-,20-,25-/m0/s1. The fourth-order valence-electron chi connectivity index (χ4n) is 5.97. The number of rotatable bonds is 7. The molecule has 0 spiro atoms. The van der Waals surface area contributed by atoms with Gasteiger partial charge in [0.25, 0.3) is 5.91 Å². The van der Waals surface area contributed by atoms with Gasteiger partial charge in [-0.3, -0.25) is 24.1 Å². The molecule has 0 unspecified atom stereocenters. The molecule has 1 amide bonds. The summed E-state index contributed by atoms with van der Waals surface area (Å²) in [6.07, 6.45) is -1.87. The summed E-state index contributed by atoms with van der Waals surface area (Å²) in [6.45, 7) is 0. The molecule has 12 nitrogen and oxygen atoms in total. The molecule has 0 bridgehead atoms. The van der Waals surface area contributed by atoms with E-state index in [9.17, 15) is 44.7 Å². The van der Waals surface area contributed by atoms with Crippen LogP contribution >= 0.6 is 11.8 Å². The van der Waals surface area contributed by atoms with Crippen molar-refractivity contribution in [2.75, 3.05) is 25.6 Å². The Morgan fingerprint density at radius 3 is 2.39 bits per heavy atom. The number of carboxylic acid groups (broad SMARTS) is 1. The monoisotopic (exact) mass is 548 g/mol. The Kier molecular flexibility index (Phi) is 7.08. The van der Waals surface area contributed by atoms with Crippen molar-refractivity contribution in [1.29, 1.82) is 0 Å². The van der Waals surface area contributed by atoms with Gasteiger partial charge in [0.2, 0.25) is 5.78 Å². The molecule has 4 rings (SSSR count). The van der Waals surface area contributed by atoms with Crippen LogP contribution in [-0.2, 0) is 14.4 Å². The second-order valence-corrected chi connectivity index (χ2v) is 11.0. The molecule has 0 aliphatic heterocycles. The fraction of sp³-hybridized carbons (Fsp3) is 0.440. The lowest BCUT2D eigenvalue weighted by molar-refractivity contribution is -0.162. The van der Waals surface area contributed by atoms with Crippen LogP contribution in [0.15, 0.2) is 40.9 Å². The lowest BCUT2D eigenvalue weighted by Crippen LogP contribution is -2.68. The topological polar surface area (TPSA) is 219 Å². The van der Waals surface area contributed by atoms with Crippen LogP contribution in [0.3, 0.4) is 0 Å². The smallest absolute Gasteiger partial charge is 0.304 e. The number of phenols is 1. The summed E-state index contributed by atoms with van der Waals surface area (Å²) >= 11 is 1.21. The molecule has 1 aromatic rings. The van der Waals surface area contributed by atoms with Crippen LogP contribution in [0.2, 0.25) is 0 Å². The van der Waals surface area contributed by atoms with Crippen LogP contribution in [0, 0.1) is 11.8 Å². The number of carbonyl (C=O) groups is 4. The number of nitrogens with two attached hydrogens (primary N) is 1. The van der Waals surface area contributed by atoms with Gasteiger partial charge in [-0.05, 0) is 25.7 Å². The van der Waals surface area contributed by atoms with E-state index in [-0.39, 0.29) is 23.5 Å². The number of aliphatic hydroxyl groups is 4. The molecule has 3 aliphatic rings. The van der Waals surface area contributed by atoms with Crippen molar-refractivity contribution < 1.29 is 49.8 Å². The van der Waals surface area contributed by atoms with Crippen LogP contribution in [0.1, 0.15) is 28.3 Å². The number of hydrogen-bond donors (Lipinski definition) is 7. The van der Waals surface area contributed by atoms with E-state index in [0.29, 0.717) is 5.56 Å². The van der Waals surface area contributed by atoms with Crippen molar-refractivity contribution in [3.8, 4) is 5.75 Å². The first-order valence-corrected chi connectivity index (χ1v) is 12.9. The second kappa shape index (κ2) is 9.73. The molecule has 38 heavy (non-hydrogen) atoms. The van der Waals surface area contributed by atoms with E-state index in [0.717, 1.165) is 0 Å². The number of thioether (sulfide) groups is 1. The number of primary amides is 1. The maximum atomic E-state index is 13.7. The Morgan fingerprint density at radius 2 is 1.82 bits per heavy atom. The molecule has 3 aliphatic carbocycles. The number of phenolic OH excluding ortho intramolecular Hbond substituents is 1. The second-order valence-electron chi connectivity index (χ2n) is 9.83. The normalized spacial score (nSPS) is 30.7. The third kappa shape index (κ3) is 3.88. The Balaban J connectivity index is 1.97. The molecule has 0 radical (unpaired) electrons. The fourth-order valence-corrected chi connectivity index (χ4v) is 7.10. The molecule has 8 N–H and O–H groups in total. The number of nitrogens with zero attached hydrogens (tertiary/aromatic N) is 1. The van der Waals surface area contributed by atoms with Crippen molar-refractivity contribution in [2.45, 2.75) is 30.1 Å². The summed E-state index contributed by atoms with van der Waals surface area (Å²) in [5, 5.41) is 65.3. The van der Waals surface area contributed by atoms with Gasteiger partial charge in [-0.2, -0.15) is 11.8 Å². The third-order valence-corrected chi connectivity index (χ3v) is 8.64. The molecule has 0 fully saturated rings. The number of Topliss-reactive ketones (excluding diaryl/α,β-unsaturated/α-hetero) is 2. The minimum Gasteiger partial charge on any atom is -0.510 e. The van der Waals surface area contributed by atoms with Crippen LogP contribution < -0.4 is 5.73 Å². The summed E-state index contributed by atoms with van der Waals surface area (Å²) < 4.78 is 0. The molecule has 1 aromatic carbocycles. The number of ketones is 2. The number of aliphatic carboxylic acids is 1. The quantitative estimate of drug-likeness (QED) is 0.175. The first kappa shape index (κ1) is 27.6. The highest BCUT2D eigenvalue weighted by Crippen LogP contribution is 2.56. The van der Waals surface area contributed by atoms with E-state index >= 15 is 0 Å². The number of carboxylic acids is 1. The van der Waals surface area contributed by atoms with Gasteiger partial charge in [0.1, 0.15) is 22.8 Å². The van der Waals surface area contributed by atoms with Gasteiger partial charge in [-0.15, -0.1) is 0 Å². The SMILES string of the molecule is CN(C)[C@@H]1C(O)=C(C(N)=O)C(=O)[C@@]2(O)C(O)=C3C(=O)c4c(O)cccc4[C@H](CSCCC(=O)O)[C@H]3[C@H](O)[C@@H]12. The summed E-state index contributed by atoms with van der Waals surface area (Å²) in [4.78, 5) is 51.5. The highest BCUT2D eigenvalue weighted by Gasteiger charge is 2.67. The van der Waals surface area contributed by atoms with Gasteiger partial charge < -0.3 is 36.4 Å². The number of fused-ring (bicyclic) bond motifs is 3. The summed E-state index contributed by atoms with van der Waals surface area (Å²) in [6, 6.07) is 2.95. The van der Waals surface area contributed by atoms with Gasteiger partial charge in [0.15, 0.2) is 11.4 Å². The molecular formula is C25H28N2O10S.